The van der Waals surface area contributed by atoms with E-state index in [1.807, 2.05) is 25.1 Å². The van der Waals surface area contributed by atoms with E-state index in [1.165, 1.54) is 5.56 Å². The molecule has 0 aliphatic heterocycles. The summed E-state index contributed by atoms with van der Waals surface area (Å²) in [5.74, 6) is 0.619. The van der Waals surface area contributed by atoms with Gasteiger partial charge < -0.3 is 5.32 Å². The fraction of sp³-hybridized carbons (Fsp3) is 0.0833. The number of hydrogen-bond donors (Lipinski definition) is 2. The summed E-state index contributed by atoms with van der Waals surface area (Å²) in [6.07, 6.45) is 1.66. The first-order valence-electron chi connectivity index (χ1n) is 5.53. The Labute approximate surface area is 122 Å². The summed E-state index contributed by atoms with van der Waals surface area (Å²) in [5.41, 5.74) is 2.68. The van der Waals surface area contributed by atoms with Gasteiger partial charge in [-0.3, -0.25) is 5.10 Å². The van der Waals surface area contributed by atoms with E-state index in [9.17, 15) is 0 Å². The molecule has 3 rings (SSSR count). The van der Waals surface area contributed by atoms with Crippen molar-refractivity contribution in [2.45, 2.75) is 6.92 Å². The first-order chi connectivity index (χ1) is 9.13. The third-order valence-corrected chi connectivity index (χ3v) is 3.49. The Balaban J connectivity index is 2.07. The minimum Gasteiger partial charge on any atom is -0.339 e. The van der Waals surface area contributed by atoms with Crippen LogP contribution in [0.1, 0.15) is 5.56 Å². The fourth-order valence-electron chi connectivity index (χ4n) is 1.75. The highest BCUT2D eigenvalue weighted by atomic mass is 79.9. The summed E-state index contributed by atoms with van der Waals surface area (Å²) in [5, 5.41) is 10.9. The normalized spacial score (nSPS) is 10.9. The van der Waals surface area contributed by atoms with Gasteiger partial charge in [-0.05, 0) is 52.2 Å². The number of aromatic nitrogens is 4. The van der Waals surface area contributed by atoms with Gasteiger partial charge in [-0.15, -0.1) is 0 Å². The Morgan fingerprint density at radius 1 is 1.32 bits per heavy atom. The molecule has 0 saturated carbocycles. The molecule has 0 fully saturated rings. The van der Waals surface area contributed by atoms with Gasteiger partial charge in [0.25, 0.3) is 0 Å². The van der Waals surface area contributed by atoms with Gasteiger partial charge in [0.15, 0.2) is 5.65 Å². The standard InChI is InChI=1S/C12H9BrClN5/c1-6-2-3-9(8(13)4-6)16-10-7-5-15-19-11(7)18-12(14)17-10/h2-5H,1H3,(H2,15,16,17,18,19). The minimum atomic E-state index is 0.169. The summed E-state index contributed by atoms with van der Waals surface area (Å²) in [4.78, 5) is 8.25. The van der Waals surface area contributed by atoms with E-state index in [0.29, 0.717) is 11.5 Å². The predicted octanol–water partition coefficient (Wildman–Crippen LogP) is 3.82. The number of halogens is 2. The Morgan fingerprint density at radius 3 is 2.95 bits per heavy atom. The molecule has 0 saturated heterocycles. The van der Waals surface area contributed by atoms with Gasteiger partial charge in [-0.25, -0.2) is 0 Å². The molecule has 3 aromatic rings. The monoisotopic (exact) mass is 337 g/mol. The zero-order valence-corrected chi connectivity index (χ0v) is 12.2. The van der Waals surface area contributed by atoms with Crippen molar-refractivity contribution in [2.75, 3.05) is 5.32 Å². The molecule has 7 heteroatoms. The smallest absolute Gasteiger partial charge is 0.226 e. The molecule has 1 aromatic carbocycles. The lowest BCUT2D eigenvalue weighted by Gasteiger charge is -2.09. The maximum Gasteiger partial charge on any atom is 0.226 e. The third kappa shape index (κ3) is 2.41. The van der Waals surface area contributed by atoms with Gasteiger partial charge in [0.2, 0.25) is 5.28 Å². The van der Waals surface area contributed by atoms with Crippen LogP contribution in [-0.4, -0.2) is 20.2 Å². The quantitative estimate of drug-likeness (QED) is 0.697. The van der Waals surface area contributed by atoms with Crippen molar-refractivity contribution in [3.8, 4) is 0 Å². The Bertz CT molecular complexity index is 755. The number of benzene rings is 1. The number of rotatable bonds is 2. The number of aryl methyl sites for hydroxylation is 1. The lowest BCUT2D eigenvalue weighted by Crippen LogP contribution is -1.97. The van der Waals surface area contributed by atoms with Gasteiger partial charge in [0.05, 0.1) is 17.3 Å². The molecule has 0 bridgehead atoms. The highest BCUT2D eigenvalue weighted by Crippen LogP contribution is 2.29. The second kappa shape index (κ2) is 4.79. The first-order valence-corrected chi connectivity index (χ1v) is 6.70. The maximum atomic E-state index is 5.89. The molecule has 19 heavy (non-hydrogen) atoms. The van der Waals surface area contributed by atoms with Crippen LogP contribution >= 0.6 is 27.5 Å². The zero-order valence-electron chi connectivity index (χ0n) is 9.91. The summed E-state index contributed by atoms with van der Waals surface area (Å²) >= 11 is 9.41. The number of aromatic amines is 1. The van der Waals surface area contributed by atoms with Crippen molar-refractivity contribution in [3.63, 3.8) is 0 Å². The lowest BCUT2D eigenvalue weighted by atomic mass is 10.2. The largest absolute Gasteiger partial charge is 0.339 e. The number of hydrogen-bond acceptors (Lipinski definition) is 4. The molecule has 2 aromatic heterocycles. The van der Waals surface area contributed by atoms with E-state index in [-0.39, 0.29) is 5.28 Å². The number of nitrogens with zero attached hydrogens (tertiary/aromatic N) is 3. The van der Waals surface area contributed by atoms with Gasteiger partial charge in [-0.2, -0.15) is 15.1 Å². The molecule has 0 spiro atoms. The molecule has 0 amide bonds. The molecular formula is C12H9BrClN5. The van der Waals surface area contributed by atoms with Crippen molar-refractivity contribution in [1.82, 2.24) is 20.2 Å². The molecule has 0 unspecified atom stereocenters. The average Bonchev–Trinajstić information content (AvgIpc) is 2.80. The van der Waals surface area contributed by atoms with Crippen molar-refractivity contribution in [1.29, 1.82) is 0 Å². The molecule has 0 radical (unpaired) electrons. The van der Waals surface area contributed by atoms with E-state index in [0.717, 1.165) is 15.5 Å². The van der Waals surface area contributed by atoms with Crippen LogP contribution in [0.25, 0.3) is 11.0 Å². The minimum absolute atomic E-state index is 0.169. The van der Waals surface area contributed by atoms with Gasteiger partial charge in [-0.1, -0.05) is 6.07 Å². The van der Waals surface area contributed by atoms with Crippen LogP contribution in [0.15, 0.2) is 28.9 Å². The second-order valence-electron chi connectivity index (χ2n) is 4.08. The van der Waals surface area contributed by atoms with Crippen molar-refractivity contribution < 1.29 is 0 Å². The van der Waals surface area contributed by atoms with Crippen molar-refractivity contribution in [2.24, 2.45) is 0 Å². The molecule has 0 aliphatic carbocycles. The second-order valence-corrected chi connectivity index (χ2v) is 5.27. The maximum absolute atomic E-state index is 5.89. The third-order valence-electron chi connectivity index (χ3n) is 2.66. The molecule has 0 atom stereocenters. The van der Waals surface area contributed by atoms with Gasteiger partial charge >= 0.3 is 0 Å². The average molecular weight is 339 g/mol. The van der Waals surface area contributed by atoms with Crippen molar-refractivity contribution >= 4 is 50.1 Å². The topological polar surface area (TPSA) is 66.5 Å². The summed E-state index contributed by atoms with van der Waals surface area (Å²) < 4.78 is 0.957. The van der Waals surface area contributed by atoms with E-state index in [4.69, 9.17) is 11.6 Å². The van der Waals surface area contributed by atoms with E-state index in [2.05, 4.69) is 41.4 Å². The molecule has 96 valence electrons. The predicted molar refractivity (Wildman–Crippen MR) is 78.9 cm³/mol. The molecule has 2 N–H and O–H groups in total. The van der Waals surface area contributed by atoms with Crippen LogP contribution in [0.5, 0.6) is 0 Å². The molecule has 5 nitrogen and oxygen atoms in total. The number of nitrogens with one attached hydrogen (secondary N) is 2. The number of H-pyrrole nitrogens is 1. The summed E-state index contributed by atoms with van der Waals surface area (Å²) in [7, 11) is 0. The Hall–Kier alpha value is -1.66. The first kappa shape index (κ1) is 12.4. The molecule has 2 heterocycles. The Kier molecular flexibility index (Phi) is 3.12. The van der Waals surface area contributed by atoms with Crippen LogP contribution in [0.3, 0.4) is 0 Å². The molecule has 0 aliphatic rings. The Morgan fingerprint density at radius 2 is 2.16 bits per heavy atom. The van der Waals surface area contributed by atoms with Crippen LogP contribution < -0.4 is 5.32 Å². The van der Waals surface area contributed by atoms with E-state index in [1.54, 1.807) is 6.20 Å². The van der Waals surface area contributed by atoms with Crippen LogP contribution in [0.2, 0.25) is 5.28 Å². The van der Waals surface area contributed by atoms with Crippen LogP contribution in [-0.2, 0) is 0 Å². The zero-order chi connectivity index (χ0) is 13.4. The van der Waals surface area contributed by atoms with E-state index >= 15 is 0 Å². The van der Waals surface area contributed by atoms with Crippen molar-refractivity contribution in [3.05, 3.63) is 39.7 Å². The van der Waals surface area contributed by atoms with Gasteiger partial charge in [0, 0.05) is 4.47 Å². The van der Waals surface area contributed by atoms with Crippen LogP contribution in [0.4, 0.5) is 11.5 Å². The number of anilines is 2. The SMILES string of the molecule is Cc1ccc(Nc2nc(Cl)nc3[nH]ncc23)c(Br)c1. The molecular weight excluding hydrogens is 330 g/mol. The summed E-state index contributed by atoms with van der Waals surface area (Å²) in [6.45, 7) is 2.03. The summed E-state index contributed by atoms with van der Waals surface area (Å²) in [6, 6.07) is 6.02. The van der Waals surface area contributed by atoms with Crippen LogP contribution in [0, 0.1) is 6.92 Å². The lowest BCUT2D eigenvalue weighted by molar-refractivity contribution is 1.09. The highest BCUT2D eigenvalue weighted by Gasteiger charge is 2.10. The van der Waals surface area contributed by atoms with E-state index < -0.39 is 0 Å². The fourth-order valence-corrected chi connectivity index (χ4v) is 2.51. The highest BCUT2D eigenvalue weighted by molar-refractivity contribution is 9.10. The number of fused-ring (bicyclic) bond motifs is 1. The van der Waals surface area contributed by atoms with Gasteiger partial charge in [0.1, 0.15) is 5.82 Å².